The fraction of sp³-hybridized carbons (Fsp3) is 0.176. The fourth-order valence-corrected chi connectivity index (χ4v) is 2.42. The number of hydrogen-bond acceptors (Lipinski definition) is 3. The number of nitrogens with zero attached hydrogens (tertiary/aromatic N) is 2. The number of benzene rings is 1. The predicted molar refractivity (Wildman–Crippen MR) is 84.4 cm³/mol. The summed E-state index contributed by atoms with van der Waals surface area (Å²) in [6.45, 7) is 3.83. The molecule has 1 aromatic carbocycles. The van der Waals surface area contributed by atoms with Gasteiger partial charge in [-0.3, -0.25) is 10.1 Å². The van der Waals surface area contributed by atoms with Crippen molar-refractivity contribution in [2.45, 2.75) is 19.4 Å². The summed E-state index contributed by atoms with van der Waals surface area (Å²) in [6.07, 6.45) is 3.45. The number of pyridine rings is 1. The number of nitrogens with one attached hydrogen (secondary N) is 1. The minimum atomic E-state index is -0.579. The second-order valence-corrected chi connectivity index (χ2v) is 5.79. The molecule has 0 unspecified atom stereocenters. The summed E-state index contributed by atoms with van der Waals surface area (Å²) < 4.78 is 13.2. The number of nitrogens with two attached hydrogens (primary N) is 1. The molecule has 0 aliphatic heterocycles. The Labute approximate surface area is 128 Å². The maximum Gasteiger partial charge on any atom is 0.123 e. The first-order valence-electron chi connectivity index (χ1n) is 7.01. The molecule has 3 N–H and O–H groups in total. The van der Waals surface area contributed by atoms with Gasteiger partial charge in [0.1, 0.15) is 11.5 Å². The van der Waals surface area contributed by atoms with E-state index < -0.39 is 5.54 Å². The van der Waals surface area contributed by atoms with Gasteiger partial charge in [-0.05, 0) is 55.8 Å². The van der Waals surface area contributed by atoms with Crippen molar-refractivity contribution < 1.29 is 4.39 Å². The third-order valence-corrected chi connectivity index (χ3v) is 3.50. The van der Waals surface area contributed by atoms with Gasteiger partial charge in [-0.15, -0.1) is 0 Å². The number of aromatic amines is 1. The zero-order valence-corrected chi connectivity index (χ0v) is 12.5. The molecule has 3 aromatic rings. The number of rotatable bonds is 3. The molecule has 5 heteroatoms. The highest BCUT2D eigenvalue weighted by Gasteiger charge is 2.25. The Morgan fingerprint density at radius 3 is 2.23 bits per heavy atom. The average molecular weight is 296 g/mol. The quantitative estimate of drug-likeness (QED) is 0.777. The van der Waals surface area contributed by atoms with E-state index in [0.29, 0.717) is 0 Å². The monoisotopic (exact) mass is 296 g/mol. The van der Waals surface area contributed by atoms with E-state index >= 15 is 0 Å². The molecule has 0 saturated heterocycles. The molecule has 0 fully saturated rings. The topological polar surface area (TPSA) is 67.6 Å². The normalized spacial score (nSPS) is 11.6. The van der Waals surface area contributed by atoms with Crippen molar-refractivity contribution in [1.82, 2.24) is 15.2 Å². The van der Waals surface area contributed by atoms with Gasteiger partial charge in [0.05, 0.1) is 11.2 Å². The van der Waals surface area contributed by atoms with E-state index in [2.05, 4.69) is 15.2 Å². The standard InChI is InChI=1S/C17H17FN4/c1-17(2,19)16-14(11-7-9-20-10-8-11)15(21-22-16)12-3-5-13(18)6-4-12/h3-10H,19H2,1-2H3,(H,21,22). The highest BCUT2D eigenvalue weighted by atomic mass is 19.1. The molecular weight excluding hydrogens is 279 g/mol. The molecule has 4 nitrogen and oxygen atoms in total. The molecule has 2 heterocycles. The van der Waals surface area contributed by atoms with Crippen molar-refractivity contribution in [2.75, 3.05) is 0 Å². The number of H-pyrrole nitrogens is 1. The Morgan fingerprint density at radius 2 is 1.64 bits per heavy atom. The summed E-state index contributed by atoms with van der Waals surface area (Å²) in [5.41, 5.74) is 9.99. The van der Waals surface area contributed by atoms with Crippen LogP contribution < -0.4 is 5.73 Å². The van der Waals surface area contributed by atoms with E-state index in [4.69, 9.17) is 5.73 Å². The van der Waals surface area contributed by atoms with Crippen molar-refractivity contribution in [2.24, 2.45) is 5.73 Å². The summed E-state index contributed by atoms with van der Waals surface area (Å²) in [5, 5.41) is 7.45. The summed E-state index contributed by atoms with van der Waals surface area (Å²) in [5.74, 6) is -0.274. The molecule has 0 atom stereocenters. The Bertz CT molecular complexity index is 771. The van der Waals surface area contributed by atoms with E-state index in [1.165, 1.54) is 12.1 Å². The van der Waals surface area contributed by atoms with Crippen molar-refractivity contribution in [3.05, 3.63) is 60.3 Å². The Hall–Kier alpha value is -2.53. The van der Waals surface area contributed by atoms with Gasteiger partial charge in [-0.25, -0.2) is 4.39 Å². The van der Waals surface area contributed by atoms with Gasteiger partial charge in [0.15, 0.2) is 0 Å². The van der Waals surface area contributed by atoms with Crippen LogP contribution in [0.1, 0.15) is 19.5 Å². The van der Waals surface area contributed by atoms with Gasteiger partial charge in [0.2, 0.25) is 0 Å². The van der Waals surface area contributed by atoms with Crippen molar-refractivity contribution in [1.29, 1.82) is 0 Å². The van der Waals surface area contributed by atoms with Crippen LogP contribution in [0.2, 0.25) is 0 Å². The lowest BCUT2D eigenvalue weighted by atomic mass is 9.91. The van der Waals surface area contributed by atoms with Crippen molar-refractivity contribution in [3.8, 4) is 22.4 Å². The molecular formula is C17H17FN4. The molecule has 0 amide bonds. The van der Waals surface area contributed by atoms with Crippen LogP contribution in [0.3, 0.4) is 0 Å². The number of aromatic nitrogens is 3. The molecule has 2 aromatic heterocycles. The predicted octanol–water partition coefficient (Wildman–Crippen LogP) is 3.47. The maximum absolute atomic E-state index is 13.2. The van der Waals surface area contributed by atoms with Crippen LogP contribution >= 0.6 is 0 Å². The Kier molecular flexibility index (Phi) is 3.50. The number of halogens is 1. The number of hydrogen-bond donors (Lipinski definition) is 2. The zero-order valence-electron chi connectivity index (χ0n) is 12.5. The summed E-state index contributed by atoms with van der Waals surface area (Å²) in [7, 11) is 0. The van der Waals surface area contributed by atoms with Gasteiger partial charge in [-0.2, -0.15) is 5.10 Å². The first kappa shape index (κ1) is 14.4. The highest BCUT2D eigenvalue weighted by molar-refractivity contribution is 5.83. The molecule has 0 radical (unpaired) electrons. The molecule has 0 bridgehead atoms. The Morgan fingerprint density at radius 1 is 1.00 bits per heavy atom. The van der Waals surface area contributed by atoms with Crippen LogP contribution in [-0.4, -0.2) is 15.2 Å². The van der Waals surface area contributed by atoms with Crippen molar-refractivity contribution >= 4 is 0 Å². The minimum absolute atomic E-state index is 0.274. The van der Waals surface area contributed by atoms with E-state index in [-0.39, 0.29) is 5.82 Å². The van der Waals surface area contributed by atoms with Gasteiger partial charge in [0.25, 0.3) is 0 Å². The van der Waals surface area contributed by atoms with Gasteiger partial charge < -0.3 is 5.73 Å². The summed E-state index contributed by atoms with van der Waals surface area (Å²) in [4.78, 5) is 4.05. The average Bonchev–Trinajstić information content (AvgIpc) is 2.94. The van der Waals surface area contributed by atoms with Crippen LogP contribution in [0, 0.1) is 5.82 Å². The zero-order chi connectivity index (χ0) is 15.7. The molecule has 0 spiro atoms. The minimum Gasteiger partial charge on any atom is -0.321 e. The van der Waals surface area contributed by atoms with E-state index in [9.17, 15) is 4.39 Å². The van der Waals surface area contributed by atoms with Gasteiger partial charge in [-0.1, -0.05) is 0 Å². The van der Waals surface area contributed by atoms with E-state index in [1.807, 2.05) is 26.0 Å². The maximum atomic E-state index is 13.2. The molecule has 0 aliphatic rings. The molecule has 0 saturated carbocycles. The lowest BCUT2D eigenvalue weighted by Gasteiger charge is -2.19. The van der Waals surface area contributed by atoms with Crippen LogP contribution in [0.15, 0.2) is 48.8 Å². The smallest absolute Gasteiger partial charge is 0.123 e. The lowest BCUT2D eigenvalue weighted by molar-refractivity contribution is 0.535. The van der Waals surface area contributed by atoms with Crippen molar-refractivity contribution in [3.63, 3.8) is 0 Å². The molecule has 0 aliphatic carbocycles. The second kappa shape index (κ2) is 5.35. The largest absolute Gasteiger partial charge is 0.321 e. The van der Waals surface area contributed by atoms with Gasteiger partial charge in [0, 0.05) is 23.5 Å². The van der Waals surface area contributed by atoms with Crippen LogP contribution in [0.25, 0.3) is 22.4 Å². The first-order chi connectivity index (χ1) is 10.5. The van der Waals surface area contributed by atoms with Gasteiger partial charge >= 0.3 is 0 Å². The SMILES string of the molecule is CC(C)(N)c1[nH]nc(-c2ccc(F)cc2)c1-c1ccncc1. The first-order valence-corrected chi connectivity index (χ1v) is 7.01. The highest BCUT2D eigenvalue weighted by Crippen LogP contribution is 2.36. The summed E-state index contributed by atoms with van der Waals surface area (Å²) >= 11 is 0. The van der Waals surface area contributed by atoms with Crippen LogP contribution in [-0.2, 0) is 5.54 Å². The molecule has 22 heavy (non-hydrogen) atoms. The second-order valence-electron chi connectivity index (χ2n) is 5.79. The molecule has 112 valence electrons. The van der Waals surface area contributed by atoms with Crippen LogP contribution in [0.4, 0.5) is 4.39 Å². The molecule has 3 rings (SSSR count). The van der Waals surface area contributed by atoms with Crippen LogP contribution in [0.5, 0.6) is 0 Å². The summed E-state index contributed by atoms with van der Waals surface area (Å²) in [6, 6.07) is 10.1. The third kappa shape index (κ3) is 2.63. The lowest BCUT2D eigenvalue weighted by Crippen LogP contribution is -2.29. The fourth-order valence-electron chi connectivity index (χ4n) is 2.42. The van der Waals surface area contributed by atoms with E-state index in [1.54, 1.807) is 24.5 Å². The Balaban J connectivity index is 2.24. The van der Waals surface area contributed by atoms with E-state index in [0.717, 1.165) is 28.1 Å². The third-order valence-electron chi connectivity index (χ3n) is 3.50.